The van der Waals surface area contributed by atoms with Crippen molar-refractivity contribution in [2.24, 2.45) is 23.7 Å². The summed E-state index contributed by atoms with van der Waals surface area (Å²) < 4.78 is 0. The van der Waals surface area contributed by atoms with E-state index in [1.165, 1.54) is 4.90 Å². The van der Waals surface area contributed by atoms with Crippen molar-refractivity contribution in [1.29, 1.82) is 0 Å². The van der Waals surface area contributed by atoms with Gasteiger partial charge in [0.2, 0.25) is 17.7 Å². The van der Waals surface area contributed by atoms with E-state index >= 15 is 0 Å². The van der Waals surface area contributed by atoms with Gasteiger partial charge in [0, 0.05) is 12.1 Å². The molecule has 1 saturated heterocycles. The first kappa shape index (κ1) is 20.0. The van der Waals surface area contributed by atoms with E-state index < -0.39 is 6.04 Å². The van der Waals surface area contributed by atoms with Crippen LogP contribution >= 0.6 is 0 Å². The van der Waals surface area contributed by atoms with E-state index in [1.807, 2.05) is 62.4 Å². The molecular formula is C26H28N2O3. The van der Waals surface area contributed by atoms with Crippen LogP contribution in [0.4, 0.5) is 5.69 Å². The largest absolute Gasteiger partial charge is 0.324 e. The van der Waals surface area contributed by atoms with E-state index in [0.717, 1.165) is 41.6 Å². The maximum absolute atomic E-state index is 13.5. The number of amides is 3. The highest BCUT2D eigenvalue weighted by atomic mass is 16.2. The molecule has 1 N–H and O–H groups in total. The van der Waals surface area contributed by atoms with E-state index in [2.05, 4.69) is 5.32 Å². The summed E-state index contributed by atoms with van der Waals surface area (Å²) >= 11 is 0. The van der Waals surface area contributed by atoms with Gasteiger partial charge in [-0.25, -0.2) is 0 Å². The number of likely N-dealkylation sites (tertiary alicyclic amines) is 1. The summed E-state index contributed by atoms with van der Waals surface area (Å²) in [7, 11) is 0. The van der Waals surface area contributed by atoms with Crippen LogP contribution in [0, 0.1) is 37.5 Å². The molecule has 2 aliphatic carbocycles. The van der Waals surface area contributed by atoms with Gasteiger partial charge in [-0.3, -0.25) is 19.3 Å². The van der Waals surface area contributed by atoms with Gasteiger partial charge < -0.3 is 5.32 Å². The molecule has 2 aromatic rings. The summed E-state index contributed by atoms with van der Waals surface area (Å²) in [5.41, 5.74) is 3.61. The van der Waals surface area contributed by atoms with Crippen molar-refractivity contribution in [2.75, 3.05) is 5.32 Å². The summed E-state index contributed by atoms with van der Waals surface area (Å²) in [5.74, 6) is -0.420. The zero-order valence-electron chi connectivity index (χ0n) is 18.0. The number of hydrogen-bond donors (Lipinski definition) is 1. The van der Waals surface area contributed by atoms with Crippen LogP contribution in [0.3, 0.4) is 0 Å². The van der Waals surface area contributed by atoms with Crippen molar-refractivity contribution in [3.63, 3.8) is 0 Å². The minimum atomic E-state index is -0.841. The van der Waals surface area contributed by atoms with Crippen LogP contribution in [-0.2, 0) is 20.8 Å². The van der Waals surface area contributed by atoms with Gasteiger partial charge in [0.05, 0.1) is 11.8 Å². The molecule has 1 heterocycles. The lowest BCUT2D eigenvalue weighted by Gasteiger charge is -2.27. The number of nitrogens with zero attached hydrogens (tertiary/aromatic N) is 1. The fraction of sp³-hybridized carbons (Fsp3) is 0.423. The SMILES string of the molecule is Cc1cccc(C)c1NC(=O)[C@@H](Cc1ccccc1)N1C(=O)[C@@H]2[C@@H]3CC[C@@H](C3)[C@@H]2C1=O. The van der Waals surface area contributed by atoms with Crippen LogP contribution in [0.5, 0.6) is 0 Å². The second-order valence-electron chi connectivity index (χ2n) is 9.39. The summed E-state index contributed by atoms with van der Waals surface area (Å²) in [5, 5.41) is 3.04. The van der Waals surface area contributed by atoms with Gasteiger partial charge in [0.15, 0.2) is 0 Å². The highest BCUT2D eigenvalue weighted by Crippen LogP contribution is 2.56. The van der Waals surface area contributed by atoms with E-state index in [9.17, 15) is 14.4 Å². The lowest BCUT2D eigenvalue weighted by molar-refractivity contribution is -0.147. The number of para-hydroxylation sites is 1. The molecule has 2 bridgehead atoms. The predicted molar refractivity (Wildman–Crippen MR) is 118 cm³/mol. The van der Waals surface area contributed by atoms with Crippen molar-refractivity contribution in [2.45, 2.75) is 45.6 Å². The lowest BCUT2D eigenvalue weighted by Crippen LogP contribution is -2.49. The third kappa shape index (κ3) is 3.27. The first-order valence-electron chi connectivity index (χ1n) is 11.2. The normalized spacial score (nSPS) is 27.5. The Bertz CT molecular complexity index is 1000. The number of carbonyl (C=O) groups is 3. The van der Waals surface area contributed by atoms with Gasteiger partial charge in [-0.1, -0.05) is 48.5 Å². The van der Waals surface area contributed by atoms with Gasteiger partial charge in [-0.2, -0.15) is 0 Å². The van der Waals surface area contributed by atoms with E-state index in [1.54, 1.807) is 0 Å². The molecule has 5 rings (SSSR count). The molecule has 3 fully saturated rings. The Labute approximate surface area is 182 Å². The van der Waals surface area contributed by atoms with Gasteiger partial charge in [-0.15, -0.1) is 0 Å². The van der Waals surface area contributed by atoms with Crippen molar-refractivity contribution in [3.05, 3.63) is 65.2 Å². The average molecular weight is 417 g/mol. The van der Waals surface area contributed by atoms with E-state index in [4.69, 9.17) is 0 Å². The monoisotopic (exact) mass is 416 g/mol. The molecule has 3 aliphatic rings. The molecule has 0 spiro atoms. The molecular weight excluding hydrogens is 388 g/mol. The lowest BCUT2D eigenvalue weighted by atomic mass is 9.81. The van der Waals surface area contributed by atoms with Gasteiger partial charge >= 0.3 is 0 Å². The zero-order valence-corrected chi connectivity index (χ0v) is 18.0. The third-order valence-electron chi connectivity index (χ3n) is 7.58. The summed E-state index contributed by atoms with van der Waals surface area (Å²) in [6.45, 7) is 3.89. The van der Waals surface area contributed by atoms with Crippen LogP contribution in [0.1, 0.15) is 36.0 Å². The highest BCUT2D eigenvalue weighted by Gasteiger charge is 2.62. The second-order valence-corrected chi connectivity index (χ2v) is 9.39. The molecule has 31 heavy (non-hydrogen) atoms. The van der Waals surface area contributed by atoms with Crippen LogP contribution < -0.4 is 5.32 Å². The van der Waals surface area contributed by atoms with Crippen LogP contribution in [-0.4, -0.2) is 28.7 Å². The molecule has 5 nitrogen and oxygen atoms in total. The van der Waals surface area contributed by atoms with Gasteiger partial charge in [0.25, 0.3) is 0 Å². The summed E-state index contributed by atoms with van der Waals surface area (Å²) in [6, 6.07) is 14.6. The fourth-order valence-electron chi connectivity index (χ4n) is 6.10. The number of benzene rings is 2. The first-order chi connectivity index (χ1) is 15.0. The maximum Gasteiger partial charge on any atom is 0.248 e. The molecule has 0 unspecified atom stereocenters. The molecule has 0 aromatic heterocycles. The molecule has 5 atom stereocenters. The Kier molecular flexibility index (Phi) is 4.92. The molecule has 0 radical (unpaired) electrons. The zero-order chi connectivity index (χ0) is 21.7. The Hall–Kier alpha value is -2.95. The minimum Gasteiger partial charge on any atom is -0.324 e. The average Bonchev–Trinajstić information content (AvgIpc) is 3.44. The predicted octanol–water partition coefficient (Wildman–Crippen LogP) is 3.88. The van der Waals surface area contributed by atoms with Gasteiger partial charge in [0.1, 0.15) is 6.04 Å². The standard InChI is InChI=1S/C26H28N2O3/c1-15-7-6-8-16(2)23(15)27-24(29)20(13-17-9-4-3-5-10-17)28-25(30)21-18-11-12-19(14-18)22(21)26(28)31/h3-10,18-22H,11-14H2,1-2H3,(H,27,29)/t18-,19+,20-,21-,22+/m1/s1. The smallest absolute Gasteiger partial charge is 0.248 e. The number of aryl methyl sites for hydroxylation is 2. The summed E-state index contributed by atoms with van der Waals surface area (Å²) in [6.07, 6.45) is 3.36. The van der Waals surface area contributed by atoms with E-state index in [0.29, 0.717) is 18.3 Å². The second kappa shape index (κ2) is 7.63. The number of carbonyl (C=O) groups excluding carboxylic acids is 3. The van der Waals surface area contributed by atoms with Crippen LogP contribution in [0.2, 0.25) is 0 Å². The Morgan fingerprint density at radius 3 is 2.10 bits per heavy atom. The van der Waals surface area contributed by atoms with Crippen molar-refractivity contribution in [3.8, 4) is 0 Å². The number of anilines is 1. The maximum atomic E-state index is 13.5. The number of hydrogen-bond acceptors (Lipinski definition) is 3. The minimum absolute atomic E-state index is 0.139. The van der Waals surface area contributed by atoms with Crippen molar-refractivity contribution < 1.29 is 14.4 Å². The number of fused-ring (bicyclic) bond motifs is 5. The number of rotatable bonds is 5. The topological polar surface area (TPSA) is 66.5 Å². The Morgan fingerprint density at radius 2 is 1.52 bits per heavy atom. The first-order valence-corrected chi connectivity index (χ1v) is 11.2. The Morgan fingerprint density at radius 1 is 0.935 bits per heavy atom. The molecule has 3 amide bonds. The quantitative estimate of drug-likeness (QED) is 0.752. The van der Waals surface area contributed by atoms with E-state index in [-0.39, 0.29) is 29.6 Å². The molecule has 160 valence electrons. The van der Waals surface area contributed by atoms with Gasteiger partial charge in [-0.05, 0) is 61.6 Å². The third-order valence-corrected chi connectivity index (χ3v) is 7.58. The van der Waals surface area contributed by atoms with Crippen molar-refractivity contribution >= 4 is 23.4 Å². The number of imide groups is 1. The van der Waals surface area contributed by atoms with Crippen LogP contribution in [0.15, 0.2) is 48.5 Å². The molecule has 2 aromatic carbocycles. The molecule has 1 aliphatic heterocycles. The fourth-order valence-corrected chi connectivity index (χ4v) is 6.10. The summed E-state index contributed by atoms with van der Waals surface area (Å²) in [4.78, 5) is 41.7. The molecule has 2 saturated carbocycles. The Balaban J connectivity index is 1.48. The molecule has 5 heteroatoms. The number of nitrogens with one attached hydrogen (secondary N) is 1. The highest BCUT2D eigenvalue weighted by molar-refractivity contribution is 6.10. The van der Waals surface area contributed by atoms with Crippen molar-refractivity contribution in [1.82, 2.24) is 4.90 Å². The van der Waals surface area contributed by atoms with Crippen LogP contribution in [0.25, 0.3) is 0 Å².